The molecular weight excluding hydrogens is 296 g/mol. The summed E-state index contributed by atoms with van der Waals surface area (Å²) < 4.78 is 24.4. The van der Waals surface area contributed by atoms with Gasteiger partial charge in [-0.3, -0.25) is 9.59 Å². The zero-order valence-corrected chi connectivity index (χ0v) is 13.4. The van der Waals surface area contributed by atoms with Crippen LogP contribution < -0.4 is 5.32 Å². The van der Waals surface area contributed by atoms with Gasteiger partial charge >= 0.3 is 5.97 Å². The lowest BCUT2D eigenvalue weighted by Gasteiger charge is -2.30. The molecule has 0 aliphatic carbocycles. The fraction of sp³-hybridized carbons (Fsp3) is 0.846. The van der Waals surface area contributed by atoms with E-state index >= 15 is 0 Å². The van der Waals surface area contributed by atoms with Crippen LogP contribution in [0.25, 0.3) is 0 Å². The van der Waals surface area contributed by atoms with Gasteiger partial charge in [0, 0.05) is 25.6 Å². The highest BCUT2D eigenvalue weighted by Crippen LogP contribution is 2.19. The second-order valence-corrected chi connectivity index (χ2v) is 7.64. The van der Waals surface area contributed by atoms with E-state index in [-0.39, 0.29) is 30.8 Å². The van der Waals surface area contributed by atoms with Gasteiger partial charge in [-0.25, -0.2) is 12.7 Å². The van der Waals surface area contributed by atoms with E-state index in [1.165, 1.54) is 4.31 Å². The van der Waals surface area contributed by atoms with Gasteiger partial charge in [-0.15, -0.1) is 0 Å². The number of nitrogens with zero attached hydrogens (tertiary/aromatic N) is 1. The van der Waals surface area contributed by atoms with Crippen molar-refractivity contribution in [3.8, 4) is 0 Å². The van der Waals surface area contributed by atoms with Gasteiger partial charge in [-0.05, 0) is 32.6 Å². The Balaban J connectivity index is 2.42. The summed E-state index contributed by atoms with van der Waals surface area (Å²) in [5.74, 6) is -1.31. The molecule has 2 atom stereocenters. The molecule has 1 heterocycles. The summed E-state index contributed by atoms with van der Waals surface area (Å²) in [5.41, 5.74) is 0. The normalized spacial score (nSPS) is 21.7. The lowest BCUT2D eigenvalue weighted by atomic mass is 9.98. The Hall–Kier alpha value is -1.15. The highest BCUT2D eigenvalue weighted by Gasteiger charge is 2.30. The minimum Gasteiger partial charge on any atom is -0.481 e. The van der Waals surface area contributed by atoms with Crippen LogP contribution in [0.4, 0.5) is 0 Å². The lowest BCUT2D eigenvalue weighted by molar-refractivity contribution is -0.137. The standard InChI is InChI=1S/C13H24N2O5S/c1-10(5-3-7-12(16)17)14-13(18)11-6-4-8-15(9-11)21(2,19)20/h10-11H,3-9H2,1-2H3,(H,14,18)(H,16,17). The first-order valence-electron chi connectivity index (χ1n) is 7.17. The summed E-state index contributed by atoms with van der Waals surface area (Å²) >= 11 is 0. The number of hydrogen-bond acceptors (Lipinski definition) is 4. The smallest absolute Gasteiger partial charge is 0.303 e. The first-order valence-corrected chi connectivity index (χ1v) is 9.02. The molecule has 1 aliphatic rings. The van der Waals surface area contributed by atoms with Gasteiger partial charge < -0.3 is 10.4 Å². The van der Waals surface area contributed by atoms with E-state index in [2.05, 4.69) is 5.32 Å². The van der Waals surface area contributed by atoms with Crippen molar-refractivity contribution in [3.63, 3.8) is 0 Å². The predicted molar refractivity (Wildman–Crippen MR) is 78.2 cm³/mol. The molecule has 0 aromatic heterocycles. The van der Waals surface area contributed by atoms with Gasteiger partial charge in [0.1, 0.15) is 0 Å². The fourth-order valence-electron chi connectivity index (χ4n) is 2.45. The zero-order valence-electron chi connectivity index (χ0n) is 12.5. The van der Waals surface area contributed by atoms with Crippen LogP contribution in [-0.2, 0) is 19.6 Å². The second-order valence-electron chi connectivity index (χ2n) is 5.66. The van der Waals surface area contributed by atoms with E-state index in [9.17, 15) is 18.0 Å². The van der Waals surface area contributed by atoms with Crippen molar-refractivity contribution in [2.45, 2.75) is 45.1 Å². The number of rotatable bonds is 7. The van der Waals surface area contributed by atoms with Crippen LogP contribution in [0, 0.1) is 5.92 Å². The molecular formula is C13H24N2O5S. The van der Waals surface area contributed by atoms with Crippen LogP contribution in [0.5, 0.6) is 0 Å². The molecule has 0 spiro atoms. The average molecular weight is 320 g/mol. The number of carbonyl (C=O) groups is 2. The zero-order chi connectivity index (χ0) is 16.0. The molecule has 0 radical (unpaired) electrons. The summed E-state index contributed by atoms with van der Waals surface area (Å²) in [5, 5.41) is 11.4. The first kappa shape index (κ1) is 17.9. The summed E-state index contributed by atoms with van der Waals surface area (Å²) in [6, 6.07) is -0.106. The van der Waals surface area contributed by atoms with E-state index < -0.39 is 16.0 Å². The van der Waals surface area contributed by atoms with Crippen molar-refractivity contribution in [3.05, 3.63) is 0 Å². The summed E-state index contributed by atoms with van der Waals surface area (Å²) in [6.07, 6.45) is 3.71. The third kappa shape index (κ3) is 6.43. The summed E-state index contributed by atoms with van der Waals surface area (Å²) in [6.45, 7) is 2.53. The van der Waals surface area contributed by atoms with Gasteiger partial charge in [0.05, 0.1) is 12.2 Å². The molecule has 0 bridgehead atoms. The summed E-state index contributed by atoms with van der Waals surface area (Å²) in [4.78, 5) is 22.6. The Labute approximate surface area is 125 Å². The van der Waals surface area contributed by atoms with Crippen LogP contribution >= 0.6 is 0 Å². The maximum Gasteiger partial charge on any atom is 0.303 e. The van der Waals surface area contributed by atoms with Gasteiger partial charge in [0.15, 0.2) is 0 Å². The van der Waals surface area contributed by atoms with Crippen molar-refractivity contribution in [2.24, 2.45) is 5.92 Å². The number of nitrogens with one attached hydrogen (secondary N) is 1. The number of sulfonamides is 1. The van der Waals surface area contributed by atoms with Crippen molar-refractivity contribution >= 4 is 21.9 Å². The molecule has 0 saturated carbocycles. The van der Waals surface area contributed by atoms with E-state index in [1.807, 2.05) is 6.92 Å². The van der Waals surface area contributed by atoms with Crippen LogP contribution in [-0.4, -0.2) is 55.1 Å². The van der Waals surface area contributed by atoms with E-state index in [4.69, 9.17) is 5.11 Å². The Bertz CT molecular complexity index is 477. The number of hydrogen-bond donors (Lipinski definition) is 2. The Kier molecular flexibility index (Phi) is 6.60. The Morgan fingerprint density at radius 3 is 2.67 bits per heavy atom. The molecule has 1 rings (SSSR count). The molecule has 7 nitrogen and oxygen atoms in total. The molecule has 1 aliphatic heterocycles. The van der Waals surface area contributed by atoms with Crippen molar-refractivity contribution in [1.29, 1.82) is 0 Å². The molecule has 0 aromatic carbocycles. The molecule has 2 N–H and O–H groups in total. The van der Waals surface area contributed by atoms with E-state index in [0.717, 1.165) is 6.26 Å². The number of carbonyl (C=O) groups excluding carboxylic acids is 1. The maximum atomic E-state index is 12.1. The predicted octanol–water partition coefficient (Wildman–Crippen LogP) is 0.418. The van der Waals surface area contributed by atoms with Gasteiger partial charge in [0.25, 0.3) is 0 Å². The minimum atomic E-state index is -3.26. The molecule has 122 valence electrons. The number of aliphatic carboxylic acids is 1. The van der Waals surface area contributed by atoms with Crippen molar-refractivity contribution < 1.29 is 23.1 Å². The molecule has 1 saturated heterocycles. The number of carboxylic acid groups (broad SMARTS) is 1. The largest absolute Gasteiger partial charge is 0.481 e. The average Bonchev–Trinajstić information content (AvgIpc) is 2.37. The molecule has 2 unspecified atom stereocenters. The SMILES string of the molecule is CC(CCCC(=O)O)NC(=O)C1CCCN(S(C)(=O)=O)C1. The van der Waals surface area contributed by atoms with Crippen LogP contribution in [0.2, 0.25) is 0 Å². The number of carboxylic acids is 1. The quantitative estimate of drug-likeness (QED) is 0.707. The van der Waals surface area contributed by atoms with Gasteiger partial charge in [-0.1, -0.05) is 0 Å². The highest BCUT2D eigenvalue weighted by molar-refractivity contribution is 7.88. The summed E-state index contributed by atoms with van der Waals surface area (Å²) in [7, 11) is -3.26. The number of amides is 1. The lowest BCUT2D eigenvalue weighted by Crippen LogP contribution is -2.46. The maximum absolute atomic E-state index is 12.1. The topological polar surface area (TPSA) is 104 Å². The third-order valence-corrected chi connectivity index (χ3v) is 4.91. The molecule has 1 amide bonds. The fourth-order valence-corrected chi connectivity index (χ4v) is 3.36. The van der Waals surface area contributed by atoms with Crippen LogP contribution in [0.3, 0.4) is 0 Å². The van der Waals surface area contributed by atoms with Crippen LogP contribution in [0.15, 0.2) is 0 Å². The minimum absolute atomic E-state index is 0.0888. The monoisotopic (exact) mass is 320 g/mol. The van der Waals surface area contributed by atoms with E-state index in [0.29, 0.717) is 32.2 Å². The molecule has 21 heavy (non-hydrogen) atoms. The number of piperidine rings is 1. The molecule has 8 heteroatoms. The highest BCUT2D eigenvalue weighted by atomic mass is 32.2. The Morgan fingerprint density at radius 2 is 2.10 bits per heavy atom. The second kappa shape index (κ2) is 7.74. The van der Waals surface area contributed by atoms with Gasteiger partial charge in [-0.2, -0.15) is 0 Å². The Morgan fingerprint density at radius 1 is 1.43 bits per heavy atom. The van der Waals surface area contributed by atoms with Crippen molar-refractivity contribution in [2.75, 3.05) is 19.3 Å². The van der Waals surface area contributed by atoms with Crippen molar-refractivity contribution in [1.82, 2.24) is 9.62 Å². The first-order chi connectivity index (χ1) is 9.70. The molecule has 1 fully saturated rings. The molecule has 0 aromatic rings. The third-order valence-electron chi connectivity index (χ3n) is 3.64. The van der Waals surface area contributed by atoms with Crippen LogP contribution in [0.1, 0.15) is 39.0 Å². The van der Waals surface area contributed by atoms with Gasteiger partial charge in [0.2, 0.25) is 15.9 Å². The van der Waals surface area contributed by atoms with E-state index in [1.54, 1.807) is 0 Å².